The van der Waals surface area contributed by atoms with Crippen molar-refractivity contribution in [2.75, 3.05) is 0 Å². The molecule has 0 aromatic heterocycles. The van der Waals surface area contributed by atoms with Gasteiger partial charge in [-0.25, -0.2) is 8.42 Å². The van der Waals surface area contributed by atoms with E-state index in [-0.39, 0.29) is 5.57 Å². The van der Waals surface area contributed by atoms with Crippen LogP contribution in [0.2, 0.25) is 0 Å². The molecule has 0 spiro atoms. The summed E-state index contributed by atoms with van der Waals surface area (Å²) in [5.41, 5.74) is -0.887. The van der Waals surface area contributed by atoms with E-state index in [2.05, 4.69) is 0 Å². The molecule has 0 saturated carbocycles. The van der Waals surface area contributed by atoms with Gasteiger partial charge in [0.1, 0.15) is 0 Å². The van der Waals surface area contributed by atoms with Crippen molar-refractivity contribution in [1.29, 1.82) is 0 Å². The molecule has 0 fully saturated rings. The second-order valence-electron chi connectivity index (χ2n) is 3.49. The third-order valence-corrected chi connectivity index (χ3v) is 3.78. The third kappa shape index (κ3) is 2.12. The summed E-state index contributed by atoms with van der Waals surface area (Å²) < 4.78 is 50.6. The van der Waals surface area contributed by atoms with Crippen molar-refractivity contribution >= 4 is 19.7 Å². The molecule has 2 bridgehead atoms. The van der Waals surface area contributed by atoms with Gasteiger partial charge in [0.15, 0.2) is 0 Å². The molecule has 0 saturated heterocycles. The van der Waals surface area contributed by atoms with Crippen LogP contribution in [0.4, 0.5) is 8.78 Å². The van der Waals surface area contributed by atoms with E-state index in [9.17, 15) is 17.2 Å². The maximum atomic E-state index is 14.0. The number of fused-ring (bicyclic) bond motifs is 2. The van der Waals surface area contributed by atoms with Gasteiger partial charge in [-0.15, -0.1) is 0 Å². The van der Waals surface area contributed by atoms with Crippen molar-refractivity contribution in [1.82, 2.24) is 0 Å². The number of hydrogen-bond acceptors (Lipinski definition) is 2. The maximum Gasteiger partial charge on any atom is 0.299 e. The first kappa shape index (κ1) is 12.3. The lowest BCUT2D eigenvalue weighted by molar-refractivity contribution is 0.0911. The van der Waals surface area contributed by atoms with Gasteiger partial charge in [-0.2, -0.15) is 8.78 Å². The van der Waals surface area contributed by atoms with Crippen LogP contribution in [0.25, 0.3) is 0 Å². The fraction of sp³-hybridized carbons (Fsp3) is 0.0909. The summed E-state index contributed by atoms with van der Waals surface area (Å²) in [6.45, 7) is 0. The van der Waals surface area contributed by atoms with E-state index in [4.69, 9.17) is 10.7 Å². The molecule has 2 nitrogen and oxygen atoms in total. The van der Waals surface area contributed by atoms with Gasteiger partial charge >= 0.3 is 0 Å². The van der Waals surface area contributed by atoms with E-state index in [1.807, 2.05) is 0 Å². The first-order valence-electron chi connectivity index (χ1n) is 4.64. The smallest absolute Gasteiger partial charge is 0.207 e. The molecule has 0 amide bonds. The molecular formula is C11H7ClF2O2S. The van der Waals surface area contributed by atoms with Crippen molar-refractivity contribution in [3.63, 3.8) is 0 Å². The van der Waals surface area contributed by atoms with Crippen LogP contribution in [0.1, 0.15) is 0 Å². The monoisotopic (exact) mass is 276 g/mol. The fourth-order valence-corrected chi connectivity index (χ4v) is 2.72. The molecule has 0 aromatic carbocycles. The van der Waals surface area contributed by atoms with Gasteiger partial charge in [0.2, 0.25) is 0 Å². The van der Waals surface area contributed by atoms with Crippen LogP contribution in [-0.2, 0) is 9.05 Å². The minimum absolute atomic E-state index is 0.274. The summed E-state index contributed by atoms with van der Waals surface area (Å²) in [6.07, 6.45) is 8.55. The zero-order chi connectivity index (χ0) is 12.7. The van der Waals surface area contributed by atoms with E-state index < -0.39 is 25.5 Å². The standard InChI is InChI=1S/C11H7ClF2O2S/c12-17(15,16)10-7-3-5-8-4-1-2-6-9(10)11(8,13)14/h1-7H. The molecule has 90 valence electrons. The minimum Gasteiger partial charge on any atom is -0.207 e. The predicted molar refractivity (Wildman–Crippen MR) is 62.2 cm³/mol. The molecule has 2 aliphatic carbocycles. The summed E-state index contributed by atoms with van der Waals surface area (Å²) >= 11 is 0. The lowest BCUT2D eigenvalue weighted by atomic mass is 10.0. The Morgan fingerprint density at radius 3 is 2.35 bits per heavy atom. The van der Waals surface area contributed by atoms with Gasteiger partial charge in [-0.1, -0.05) is 36.5 Å². The van der Waals surface area contributed by atoms with Gasteiger partial charge in [0, 0.05) is 21.8 Å². The predicted octanol–water partition coefficient (Wildman–Crippen LogP) is 3.07. The molecule has 0 radical (unpaired) electrons. The van der Waals surface area contributed by atoms with Gasteiger partial charge in [0.25, 0.3) is 15.0 Å². The average Bonchev–Trinajstić information content (AvgIpc) is 2.42. The SMILES string of the molecule is O=S(=O)(Cl)C1=CC=CC2=CC=CC=C1C2(F)F. The normalized spacial score (nSPS) is 22.2. The average molecular weight is 277 g/mol. The van der Waals surface area contributed by atoms with Crippen LogP contribution in [0.15, 0.2) is 58.6 Å². The van der Waals surface area contributed by atoms with E-state index in [0.717, 1.165) is 12.2 Å². The van der Waals surface area contributed by atoms with Crippen molar-refractivity contribution in [2.45, 2.75) is 5.92 Å². The van der Waals surface area contributed by atoms with Crippen molar-refractivity contribution < 1.29 is 17.2 Å². The molecular weight excluding hydrogens is 270 g/mol. The number of halogens is 3. The van der Waals surface area contributed by atoms with Gasteiger partial charge < -0.3 is 0 Å². The number of hydrogen-bond donors (Lipinski definition) is 0. The van der Waals surface area contributed by atoms with Gasteiger partial charge in [-0.05, 0) is 6.08 Å². The third-order valence-electron chi connectivity index (χ3n) is 2.40. The zero-order valence-electron chi connectivity index (χ0n) is 8.40. The fourth-order valence-electron chi connectivity index (χ4n) is 1.61. The first-order chi connectivity index (χ1) is 7.83. The van der Waals surface area contributed by atoms with Crippen LogP contribution < -0.4 is 0 Å². The largest absolute Gasteiger partial charge is 0.299 e. The Hall–Kier alpha value is -1.20. The lowest BCUT2D eigenvalue weighted by Crippen LogP contribution is -2.23. The van der Waals surface area contributed by atoms with E-state index >= 15 is 0 Å². The first-order valence-corrected chi connectivity index (χ1v) is 6.95. The Balaban J connectivity index is 2.74. The van der Waals surface area contributed by atoms with Crippen LogP contribution in [0.3, 0.4) is 0 Å². The Morgan fingerprint density at radius 1 is 1.06 bits per heavy atom. The van der Waals surface area contributed by atoms with E-state index in [1.165, 1.54) is 30.4 Å². The molecule has 6 heteroatoms. The second kappa shape index (κ2) is 3.92. The highest BCUT2D eigenvalue weighted by Crippen LogP contribution is 2.42. The highest BCUT2D eigenvalue weighted by atomic mass is 35.7. The number of allylic oxidation sites excluding steroid dienone is 9. The Morgan fingerprint density at radius 2 is 1.71 bits per heavy atom. The number of alkyl halides is 2. The van der Waals surface area contributed by atoms with Crippen molar-refractivity contribution in [3.8, 4) is 0 Å². The lowest BCUT2D eigenvalue weighted by Gasteiger charge is -2.19. The van der Waals surface area contributed by atoms with Crippen molar-refractivity contribution in [3.05, 3.63) is 58.6 Å². The van der Waals surface area contributed by atoms with Gasteiger partial charge in [-0.3, -0.25) is 0 Å². The molecule has 0 heterocycles. The van der Waals surface area contributed by atoms with Gasteiger partial charge in [0.05, 0.1) is 4.91 Å². The highest BCUT2D eigenvalue weighted by Gasteiger charge is 2.43. The summed E-state index contributed by atoms with van der Waals surface area (Å²) in [5.74, 6) is -3.37. The summed E-state index contributed by atoms with van der Waals surface area (Å²) in [6, 6.07) is 0. The quantitative estimate of drug-likeness (QED) is 0.690. The molecule has 0 atom stereocenters. The highest BCUT2D eigenvalue weighted by molar-refractivity contribution is 8.17. The molecule has 17 heavy (non-hydrogen) atoms. The van der Waals surface area contributed by atoms with Crippen LogP contribution in [0, 0.1) is 0 Å². The summed E-state index contributed by atoms with van der Waals surface area (Å²) in [7, 11) is 0.948. The summed E-state index contributed by atoms with van der Waals surface area (Å²) in [4.78, 5) is -0.574. The Kier molecular flexibility index (Phi) is 2.83. The molecule has 0 aliphatic heterocycles. The zero-order valence-corrected chi connectivity index (χ0v) is 9.97. The van der Waals surface area contributed by atoms with Crippen LogP contribution >= 0.6 is 10.7 Å². The second-order valence-corrected chi connectivity index (χ2v) is 6.02. The Bertz CT molecular complexity index is 607. The maximum absolute atomic E-state index is 14.0. The van der Waals surface area contributed by atoms with E-state index in [0.29, 0.717) is 0 Å². The van der Waals surface area contributed by atoms with Crippen molar-refractivity contribution in [2.24, 2.45) is 0 Å². The molecule has 0 N–H and O–H groups in total. The molecule has 0 unspecified atom stereocenters. The number of rotatable bonds is 1. The van der Waals surface area contributed by atoms with E-state index in [1.54, 1.807) is 0 Å². The Labute approximate surface area is 102 Å². The summed E-state index contributed by atoms with van der Waals surface area (Å²) in [5, 5.41) is 0. The topological polar surface area (TPSA) is 34.1 Å². The molecule has 0 aromatic rings. The van der Waals surface area contributed by atoms with Crippen LogP contribution in [0.5, 0.6) is 0 Å². The molecule has 2 rings (SSSR count). The van der Waals surface area contributed by atoms with Crippen LogP contribution in [-0.4, -0.2) is 14.3 Å². The molecule has 2 aliphatic rings. The minimum atomic E-state index is -4.21.